The Morgan fingerprint density at radius 2 is 1.47 bits per heavy atom. The summed E-state index contributed by atoms with van der Waals surface area (Å²) < 4.78 is 28.9. The normalized spacial score (nSPS) is 17.5. The van der Waals surface area contributed by atoms with Crippen LogP contribution in [0.2, 0.25) is 0 Å². The molecular weight excluding hydrogens is 741 g/mol. The molecule has 7 rings (SSSR count). The number of imidazole rings is 1. The molecule has 0 aliphatic carbocycles. The first-order valence-corrected chi connectivity index (χ1v) is 21.1. The number of nitrogens with zero attached hydrogens (tertiary/aromatic N) is 3. The third-order valence-electron chi connectivity index (χ3n) is 10.2. The number of amides is 3. The summed E-state index contributed by atoms with van der Waals surface area (Å²) in [5.74, 6) is 0.643. The molecule has 13 heteroatoms. The maximum atomic E-state index is 14.1. The summed E-state index contributed by atoms with van der Waals surface area (Å²) >= 11 is 0. The molecule has 3 heterocycles. The lowest BCUT2D eigenvalue weighted by Crippen LogP contribution is -2.44. The van der Waals surface area contributed by atoms with Crippen LogP contribution in [0.15, 0.2) is 109 Å². The van der Waals surface area contributed by atoms with Gasteiger partial charge in [0.1, 0.15) is 17.5 Å². The van der Waals surface area contributed by atoms with Crippen LogP contribution in [0.5, 0.6) is 0 Å². The van der Waals surface area contributed by atoms with E-state index in [4.69, 9.17) is 9.72 Å². The van der Waals surface area contributed by atoms with Gasteiger partial charge >= 0.3 is 6.09 Å². The first-order chi connectivity index (χ1) is 27.3. The summed E-state index contributed by atoms with van der Waals surface area (Å²) in [4.78, 5) is 52.0. The molecule has 12 nitrogen and oxygen atoms in total. The van der Waals surface area contributed by atoms with Crippen molar-refractivity contribution in [1.29, 1.82) is 0 Å². The van der Waals surface area contributed by atoms with Crippen molar-refractivity contribution in [3.05, 3.63) is 132 Å². The topological polar surface area (TPSA) is 154 Å². The van der Waals surface area contributed by atoms with Crippen LogP contribution in [-0.2, 0) is 25.9 Å². The Morgan fingerprint density at radius 1 is 0.842 bits per heavy atom. The molecule has 57 heavy (non-hydrogen) atoms. The molecule has 0 radical (unpaired) electrons. The van der Waals surface area contributed by atoms with E-state index in [2.05, 4.69) is 20.5 Å². The van der Waals surface area contributed by atoms with Crippen LogP contribution in [0, 0.1) is 0 Å². The third kappa shape index (κ3) is 9.97. The molecule has 0 bridgehead atoms. The Hall–Kier alpha value is -5.79. The molecule has 0 saturated carbocycles. The van der Waals surface area contributed by atoms with Gasteiger partial charge in [-0.15, -0.1) is 0 Å². The van der Waals surface area contributed by atoms with E-state index in [9.17, 15) is 22.8 Å². The molecule has 2 saturated heterocycles. The number of ether oxygens (including phenoxy) is 1. The summed E-state index contributed by atoms with van der Waals surface area (Å²) in [6, 6.07) is 31.2. The summed E-state index contributed by atoms with van der Waals surface area (Å²) in [5, 5.41) is 5.76. The SMILES string of the molecule is CC(C)(C)OC(=O)N[C@@H](C(=O)N1CCC[C@H]1c1ncc(-c2ccc(-c3ccc(C(=O)Nc4ccc(CN5CCS(=O)(=O)CC5)cc4)cc3)cc2)[nH]1)c1ccccc1. The van der Waals surface area contributed by atoms with E-state index in [0.717, 1.165) is 40.8 Å². The molecule has 2 fully saturated rings. The van der Waals surface area contributed by atoms with Crippen LogP contribution in [0.1, 0.15) is 73.0 Å². The molecule has 3 amide bonds. The fourth-order valence-corrected chi connectivity index (χ4v) is 8.49. The number of carbonyl (C=O) groups is 3. The molecule has 0 spiro atoms. The number of carbonyl (C=O) groups excluding carboxylic acids is 3. The van der Waals surface area contributed by atoms with Gasteiger partial charge in [0.25, 0.3) is 11.8 Å². The van der Waals surface area contributed by atoms with E-state index in [-0.39, 0.29) is 29.4 Å². The Labute approximate surface area is 333 Å². The first-order valence-electron chi connectivity index (χ1n) is 19.2. The van der Waals surface area contributed by atoms with Crippen molar-refractivity contribution in [2.75, 3.05) is 36.5 Å². The number of aromatic amines is 1. The van der Waals surface area contributed by atoms with E-state index >= 15 is 0 Å². The summed E-state index contributed by atoms with van der Waals surface area (Å²) in [7, 11) is -2.92. The molecule has 2 atom stereocenters. The van der Waals surface area contributed by atoms with Crippen molar-refractivity contribution in [1.82, 2.24) is 25.1 Å². The Kier molecular flexibility index (Phi) is 11.6. The number of alkyl carbamates (subject to hydrolysis) is 1. The van der Waals surface area contributed by atoms with Crippen molar-refractivity contribution < 1.29 is 27.5 Å². The highest BCUT2D eigenvalue weighted by Crippen LogP contribution is 2.34. The van der Waals surface area contributed by atoms with Crippen LogP contribution < -0.4 is 10.6 Å². The second-order valence-corrected chi connectivity index (χ2v) is 17.9. The van der Waals surface area contributed by atoms with Crippen molar-refractivity contribution >= 4 is 33.4 Å². The molecule has 2 aliphatic heterocycles. The van der Waals surface area contributed by atoms with Gasteiger partial charge in [0.15, 0.2) is 9.84 Å². The highest BCUT2D eigenvalue weighted by atomic mass is 32.2. The van der Waals surface area contributed by atoms with Gasteiger partial charge in [-0.3, -0.25) is 14.5 Å². The zero-order valence-corrected chi connectivity index (χ0v) is 33.2. The number of benzene rings is 4. The van der Waals surface area contributed by atoms with Crippen molar-refractivity contribution in [3.8, 4) is 22.4 Å². The summed E-state index contributed by atoms with van der Waals surface area (Å²) in [5.41, 5.74) is 5.96. The van der Waals surface area contributed by atoms with E-state index in [1.54, 1.807) is 44.0 Å². The predicted octanol–water partition coefficient (Wildman–Crippen LogP) is 7.16. The minimum Gasteiger partial charge on any atom is -0.444 e. The first kappa shape index (κ1) is 39.4. The van der Waals surface area contributed by atoms with Crippen molar-refractivity contribution in [3.63, 3.8) is 0 Å². The highest BCUT2D eigenvalue weighted by Gasteiger charge is 2.37. The van der Waals surface area contributed by atoms with E-state index in [0.29, 0.717) is 48.8 Å². The summed E-state index contributed by atoms with van der Waals surface area (Å²) in [6.45, 7) is 7.63. The number of hydrogen-bond donors (Lipinski definition) is 3. The Balaban J connectivity index is 0.964. The number of H-pyrrole nitrogens is 1. The van der Waals surface area contributed by atoms with Gasteiger partial charge in [-0.05, 0) is 85.7 Å². The molecule has 4 aromatic carbocycles. The monoisotopic (exact) mass is 788 g/mol. The van der Waals surface area contributed by atoms with Gasteiger partial charge in [-0.2, -0.15) is 0 Å². The van der Waals surface area contributed by atoms with Gasteiger partial charge in [0.2, 0.25) is 0 Å². The summed E-state index contributed by atoms with van der Waals surface area (Å²) in [6.07, 6.45) is 2.67. The lowest BCUT2D eigenvalue weighted by atomic mass is 10.0. The van der Waals surface area contributed by atoms with E-state index in [1.807, 2.05) is 91.0 Å². The standard InChI is InChI=1S/C44H48N6O6S/c1-44(2,3)56-43(53)48-39(34-8-5-4-6-9-34)42(52)50-23-7-10-38(50)40-45-28-37(47-40)33-17-13-31(14-18-33)32-15-19-35(20-16-32)41(51)46-36-21-11-30(12-22-36)29-49-24-26-57(54,55)27-25-49/h4-6,8-9,11-22,28,38-39H,7,10,23-27,29H2,1-3H3,(H,45,47)(H,46,51)(H,48,53)/t38-,39+/m0/s1. The van der Waals surface area contributed by atoms with Crippen molar-refractivity contribution in [2.45, 2.75) is 57.8 Å². The van der Waals surface area contributed by atoms with Crippen LogP contribution in [0.25, 0.3) is 22.4 Å². The zero-order valence-electron chi connectivity index (χ0n) is 32.4. The largest absolute Gasteiger partial charge is 0.444 e. The minimum atomic E-state index is -2.92. The van der Waals surface area contributed by atoms with Crippen LogP contribution in [-0.4, -0.2) is 82.8 Å². The molecule has 296 valence electrons. The maximum absolute atomic E-state index is 14.1. The van der Waals surface area contributed by atoms with Gasteiger partial charge in [-0.1, -0.05) is 78.9 Å². The lowest BCUT2D eigenvalue weighted by molar-refractivity contribution is -0.134. The molecule has 3 N–H and O–H groups in total. The van der Waals surface area contributed by atoms with Crippen molar-refractivity contribution in [2.24, 2.45) is 0 Å². The quantitative estimate of drug-likeness (QED) is 0.135. The van der Waals surface area contributed by atoms with Crippen LogP contribution >= 0.6 is 0 Å². The fourth-order valence-electron chi connectivity index (χ4n) is 7.21. The number of rotatable bonds is 10. The van der Waals surface area contributed by atoms with E-state index < -0.39 is 27.6 Å². The average molecular weight is 789 g/mol. The fraction of sp³-hybridized carbons (Fsp3) is 0.318. The van der Waals surface area contributed by atoms with Gasteiger partial charge in [0, 0.05) is 37.4 Å². The van der Waals surface area contributed by atoms with E-state index in [1.165, 1.54) is 0 Å². The molecule has 2 aliphatic rings. The molecule has 5 aromatic rings. The maximum Gasteiger partial charge on any atom is 0.408 e. The second-order valence-electron chi connectivity index (χ2n) is 15.6. The minimum absolute atomic E-state index is 0.194. The number of likely N-dealkylation sites (tertiary alicyclic amines) is 1. The average Bonchev–Trinajstić information content (AvgIpc) is 3.89. The number of aromatic nitrogens is 2. The Bertz CT molecular complexity index is 2290. The van der Waals surface area contributed by atoms with Crippen LogP contribution in [0.3, 0.4) is 0 Å². The smallest absolute Gasteiger partial charge is 0.408 e. The number of hydrogen-bond acceptors (Lipinski definition) is 8. The zero-order chi connectivity index (χ0) is 40.2. The highest BCUT2D eigenvalue weighted by molar-refractivity contribution is 7.91. The molecule has 0 unspecified atom stereocenters. The van der Waals surface area contributed by atoms with Crippen LogP contribution in [0.4, 0.5) is 10.5 Å². The van der Waals surface area contributed by atoms with Gasteiger partial charge < -0.3 is 25.3 Å². The van der Waals surface area contributed by atoms with Gasteiger partial charge in [0.05, 0.1) is 29.4 Å². The number of nitrogens with one attached hydrogen (secondary N) is 3. The third-order valence-corrected chi connectivity index (χ3v) is 11.8. The number of anilines is 1. The Morgan fingerprint density at radius 3 is 2.12 bits per heavy atom. The lowest BCUT2D eigenvalue weighted by Gasteiger charge is -2.29. The second kappa shape index (κ2) is 16.7. The predicted molar refractivity (Wildman–Crippen MR) is 220 cm³/mol. The molecular formula is C44H48N6O6S. The number of sulfone groups is 1. The molecule has 1 aromatic heterocycles. The van der Waals surface area contributed by atoms with Gasteiger partial charge in [-0.25, -0.2) is 18.2 Å².